The molecule has 4 aromatic rings. The fourth-order valence-electron chi connectivity index (χ4n) is 3.29. The molecule has 0 saturated carbocycles. The van der Waals surface area contributed by atoms with E-state index in [1.165, 1.54) is 71.4 Å². The van der Waals surface area contributed by atoms with Gasteiger partial charge in [-0.15, -0.1) is 0 Å². The minimum absolute atomic E-state index is 0.0895. The van der Waals surface area contributed by atoms with Gasteiger partial charge in [-0.05, 0) is 42.5 Å². The topological polar surface area (TPSA) is 164 Å². The minimum Gasteiger partial charge on any atom is -0.258 e. The quantitative estimate of drug-likeness (QED) is 0.335. The summed E-state index contributed by atoms with van der Waals surface area (Å²) in [5.41, 5.74) is 1.91. The van der Waals surface area contributed by atoms with E-state index in [9.17, 15) is 28.6 Å². The van der Waals surface area contributed by atoms with Crippen LogP contribution in [0, 0.1) is 20.2 Å². The second-order valence-corrected chi connectivity index (χ2v) is 8.48. The number of nitrogens with zero attached hydrogens (tertiary/aromatic N) is 4. The molecule has 2 N–H and O–H groups in total. The predicted octanol–water partition coefficient (Wildman–Crippen LogP) is 3.67. The first-order valence-electron chi connectivity index (χ1n) is 9.37. The Morgan fingerprint density at radius 3 is 1.82 bits per heavy atom. The number of para-hydroxylation sites is 1. The Labute approximate surface area is 187 Å². The Morgan fingerprint density at radius 1 is 0.788 bits per heavy atom. The average molecular weight is 465 g/mol. The maximum absolute atomic E-state index is 12.2. The van der Waals surface area contributed by atoms with E-state index in [4.69, 9.17) is 5.14 Å². The second-order valence-electron chi connectivity index (χ2n) is 6.95. The lowest BCUT2D eigenvalue weighted by Gasteiger charge is -2.11. The van der Waals surface area contributed by atoms with Crippen molar-refractivity contribution in [1.29, 1.82) is 0 Å². The van der Waals surface area contributed by atoms with Gasteiger partial charge in [0.05, 0.1) is 26.9 Å². The predicted molar refractivity (Wildman–Crippen MR) is 119 cm³/mol. The molecule has 0 radical (unpaired) electrons. The Bertz CT molecular complexity index is 1480. The van der Waals surface area contributed by atoms with E-state index in [1.54, 1.807) is 12.1 Å². The van der Waals surface area contributed by atoms with Gasteiger partial charge in [0.2, 0.25) is 10.0 Å². The largest absolute Gasteiger partial charge is 0.269 e. The van der Waals surface area contributed by atoms with E-state index in [1.807, 2.05) is 0 Å². The van der Waals surface area contributed by atoms with Crippen molar-refractivity contribution in [3.63, 3.8) is 0 Å². The molecule has 0 saturated heterocycles. The highest BCUT2D eigenvalue weighted by Gasteiger charge is 2.20. The molecule has 0 amide bonds. The Balaban J connectivity index is 1.93. The lowest BCUT2D eigenvalue weighted by molar-refractivity contribution is -0.385. The van der Waals surface area contributed by atoms with Gasteiger partial charge in [-0.1, -0.05) is 12.1 Å². The number of rotatable bonds is 6. The zero-order valence-corrected chi connectivity index (χ0v) is 17.5. The number of nitro groups is 2. The van der Waals surface area contributed by atoms with Crippen molar-refractivity contribution in [2.75, 3.05) is 0 Å². The van der Waals surface area contributed by atoms with E-state index in [-0.39, 0.29) is 22.0 Å². The van der Waals surface area contributed by atoms with Crippen LogP contribution >= 0.6 is 0 Å². The van der Waals surface area contributed by atoms with Crippen molar-refractivity contribution in [2.45, 2.75) is 4.90 Å². The number of hydrogen-bond acceptors (Lipinski definition) is 7. The summed E-state index contributed by atoms with van der Waals surface area (Å²) >= 11 is 0. The maximum Gasteiger partial charge on any atom is 0.269 e. The maximum atomic E-state index is 12.2. The normalized spacial score (nSPS) is 11.3. The summed E-state index contributed by atoms with van der Waals surface area (Å²) in [6.07, 6.45) is 0. The molecule has 12 heteroatoms. The van der Waals surface area contributed by atoms with Crippen molar-refractivity contribution >= 4 is 21.4 Å². The van der Waals surface area contributed by atoms with Crippen LogP contribution in [-0.2, 0) is 10.0 Å². The Morgan fingerprint density at radius 2 is 1.30 bits per heavy atom. The molecule has 3 aromatic carbocycles. The third-order valence-corrected chi connectivity index (χ3v) is 5.82. The van der Waals surface area contributed by atoms with E-state index >= 15 is 0 Å². The number of nitro benzene ring substituents is 2. The smallest absolute Gasteiger partial charge is 0.258 e. The van der Waals surface area contributed by atoms with Crippen molar-refractivity contribution in [3.8, 4) is 28.2 Å². The monoisotopic (exact) mass is 465 g/mol. The fraction of sp³-hybridized carbons (Fsp3) is 0. The van der Waals surface area contributed by atoms with Crippen LogP contribution in [0.3, 0.4) is 0 Å². The van der Waals surface area contributed by atoms with Gasteiger partial charge < -0.3 is 0 Å². The second kappa shape index (κ2) is 8.26. The summed E-state index contributed by atoms with van der Waals surface area (Å²) in [6.45, 7) is 0. The molecule has 0 spiro atoms. The highest BCUT2D eigenvalue weighted by molar-refractivity contribution is 7.89. The van der Waals surface area contributed by atoms with Crippen molar-refractivity contribution in [3.05, 3.63) is 99.1 Å². The molecule has 1 aromatic heterocycles. The lowest BCUT2D eigenvalue weighted by atomic mass is 10.1. The van der Waals surface area contributed by atoms with E-state index in [0.29, 0.717) is 22.5 Å². The molecule has 0 unspecified atom stereocenters. The summed E-state index contributed by atoms with van der Waals surface area (Å²) in [6, 6.07) is 19.1. The molecule has 1 heterocycles. The van der Waals surface area contributed by atoms with Crippen molar-refractivity contribution < 1.29 is 18.3 Å². The molecule has 0 fully saturated rings. The van der Waals surface area contributed by atoms with Crippen LogP contribution in [0.25, 0.3) is 28.2 Å². The van der Waals surface area contributed by atoms with Gasteiger partial charge in [0, 0.05) is 35.4 Å². The number of nitrogens with two attached hydrogens (primary N) is 1. The van der Waals surface area contributed by atoms with E-state index in [2.05, 4.69) is 5.10 Å². The molecule has 33 heavy (non-hydrogen) atoms. The SMILES string of the molecule is NS(=O)(=O)c1ccccc1-n1nc(-c2ccc([N+](=O)[O-])cc2)cc1-c1ccc([N+](=O)[O-])cc1. The summed E-state index contributed by atoms with van der Waals surface area (Å²) in [7, 11) is -4.09. The van der Waals surface area contributed by atoms with Crippen LogP contribution in [0.1, 0.15) is 0 Å². The molecule has 0 aliphatic heterocycles. The standard InChI is InChI=1S/C21H15N5O6S/c22-33(31,32)21-4-2-1-3-19(21)24-20(15-7-11-17(12-8-15)26(29)30)13-18(23-24)14-5-9-16(10-6-14)25(27)28/h1-13H,(H2,22,31,32). The van der Waals surface area contributed by atoms with E-state index < -0.39 is 19.9 Å². The summed E-state index contributed by atoms with van der Waals surface area (Å²) in [4.78, 5) is 20.8. The molecular weight excluding hydrogens is 450 g/mol. The van der Waals surface area contributed by atoms with Crippen LogP contribution < -0.4 is 5.14 Å². The molecule has 166 valence electrons. The number of non-ortho nitro benzene ring substituents is 2. The molecule has 11 nitrogen and oxygen atoms in total. The summed E-state index contributed by atoms with van der Waals surface area (Å²) in [5.74, 6) is 0. The Kier molecular flexibility index (Phi) is 5.45. The van der Waals surface area contributed by atoms with Gasteiger partial charge >= 0.3 is 0 Å². The zero-order chi connectivity index (χ0) is 23.8. The number of aromatic nitrogens is 2. The third kappa shape index (κ3) is 4.33. The van der Waals surface area contributed by atoms with Crippen LogP contribution in [0.15, 0.2) is 83.8 Å². The number of primary sulfonamides is 1. The van der Waals surface area contributed by atoms with Crippen molar-refractivity contribution in [2.24, 2.45) is 5.14 Å². The van der Waals surface area contributed by atoms with Gasteiger partial charge in [-0.2, -0.15) is 5.10 Å². The summed E-state index contributed by atoms with van der Waals surface area (Å²) < 4.78 is 25.7. The van der Waals surface area contributed by atoms with E-state index in [0.717, 1.165) is 0 Å². The van der Waals surface area contributed by atoms with Crippen LogP contribution in [0.2, 0.25) is 0 Å². The van der Waals surface area contributed by atoms with Gasteiger partial charge in [0.25, 0.3) is 11.4 Å². The first-order chi connectivity index (χ1) is 15.6. The van der Waals surface area contributed by atoms with Gasteiger partial charge in [0.15, 0.2) is 0 Å². The molecule has 4 rings (SSSR count). The fourth-order valence-corrected chi connectivity index (χ4v) is 4.01. The van der Waals surface area contributed by atoms with Gasteiger partial charge in [0.1, 0.15) is 4.90 Å². The molecular formula is C21H15N5O6S. The number of hydrogen-bond donors (Lipinski definition) is 1. The molecule has 0 atom stereocenters. The summed E-state index contributed by atoms with van der Waals surface area (Å²) in [5, 5.41) is 31.9. The Hall–Kier alpha value is -4.42. The van der Waals surface area contributed by atoms with Crippen LogP contribution in [0.4, 0.5) is 11.4 Å². The van der Waals surface area contributed by atoms with Crippen molar-refractivity contribution in [1.82, 2.24) is 9.78 Å². The molecule has 0 aliphatic rings. The first-order valence-corrected chi connectivity index (χ1v) is 10.9. The van der Waals surface area contributed by atoms with Crippen LogP contribution in [0.5, 0.6) is 0 Å². The highest BCUT2D eigenvalue weighted by Crippen LogP contribution is 2.32. The highest BCUT2D eigenvalue weighted by atomic mass is 32.2. The number of sulfonamides is 1. The lowest BCUT2D eigenvalue weighted by Crippen LogP contribution is -2.16. The molecule has 0 aliphatic carbocycles. The van der Waals surface area contributed by atoms with Crippen LogP contribution in [-0.4, -0.2) is 28.0 Å². The van der Waals surface area contributed by atoms with Gasteiger partial charge in [-0.3, -0.25) is 20.2 Å². The average Bonchev–Trinajstić information content (AvgIpc) is 3.24. The minimum atomic E-state index is -4.09. The third-order valence-electron chi connectivity index (χ3n) is 4.86. The number of benzene rings is 3. The first kappa shape index (κ1) is 21.8. The molecule has 0 bridgehead atoms. The zero-order valence-electron chi connectivity index (χ0n) is 16.7. The van der Waals surface area contributed by atoms with Gasteiger partial charge in [-0.25, -0.2) is 18.2 Å².